The molecule has 0 bridgehead atoms. The molecule has 3 nitrogen and oxygen atoms in total. The molecule has 1 heterocycles. The fraction of sp³-hybridized carbons (Fsp3) is 0.600. The van der Waals surface area contributed by atoms with Gasteiger partial charge in [-0.2, -0.15) is 13.2 Å². The molecule has 1 aromatic rings. The Kier molecular flexibility index (Phi) is 5.24. The predicted octanol–water partition coefficient (Wildman–Crippen LogP) is 2.82. The van der Waals surface area contributed by atoms with Crippen molar-refractivity contribution in [2.45, 2.75) is 31.7 Å². The summed E-state index contributed by atoms with van der Waals surface area (Å²) in [6, 6.07) is 4.88. The van der Waals surface area contributed by atoms with Crippen molar-refractivity contribution in [3.8, 4) is 0 Å². The van der Waals surface area contributed by atoms with E-state index in [1.165, 1.54) is 12.1 Å². The van der Waals surface area contributed by atoms with Gasteiger partial charge in [0.1, 0.15) is 0 Å². The highest BCUT2D eigenvalue weighted by Gasteiger charge is 2.34. The first kappa shape index (κ1) is 16.3. The molecule has 1 fully saturated rings. The summed E-state index contributed by atoms with van der Waals surface area (Å²) in [4.78, 5) is 2.08. The molecule has 1 saturated heterocycles. The van der Waals surface area contributed by atoms with Crippen LogP contribution in [-0.2, 0) is 10.9 Å². The molecule has 1 aliphatic heterocycles. The van der Waals surface area contributed by atoms with Crippen LogP contribution in [0.3, 0.4) is 0 Å². The number of halogens is 3. The zero-order valence-corrected chi connectivity index (χ0v) is 12.1. The van der Waals surface area contributed by atoms with Gasteiger partial charge in [0, 0.05) is 25.7 Å². The first-order valence-electron chi connectivity index (χ1n) is 7.17. The average molecular weight is 302 g/mol. The third kappa shape index (κ3) is 4.18. The number of ether oxygens (including phenoxy) is 1. The van der Waals surface area contributed by atoms with Crippen LogP contribution in [-0.4, -0.2) is 37.2 Å². The zero-order valence-electron chi connectivity index (χ0n) is 12.1. The van der Waals surface area contributed by atoms with Crippen LogP contribution in [0.5, 0.6) is 0 Å². The Labute approximate surface area is 122 Å². The van der Waals surface area contributed by atoms with Crippen LogP contribution in [0.2, 0.25) is 0 Å². The summed E-state index contributed by atoms with van der Waals surface area (Å²) >= 11 is 0. The Balaban J connectivity index is 2.08. The molecule has 1 aliphatic rings. The lowest BCUT2D eigenvalue weighted by molar-refractivity contribution is -0.138. The molecule has 0 spiro atoms. The first-order chi connectivity index (χ1) is 9.91. The number of rotatable bonds is 4. The normalized spacial score (nSPS) is 22.2. The van der Waals surface area contributed by atoms with Gasteiger partial charge in [-0.05, 0) is 18.1 Å². The van der Waals surface area contributed by atoms with Crippen molar-refractivity contribution in [2.75, 3.05) is 26.2 Å². The molecular formula is C15H21F3N2O. The summed E-state index contributed by atoms with van der Waals surface area (Å²) < 4.78 is 44.6. The minimum absolute atomic E-state index is 0.142. The van der Waals surface area contributed by atoms with Crippen LogP contribution in [0.4, 0.5) is 13.2 Å². The van der Waals surface area contributed by atoms with Gasteiger partial charge in [0.25, 0.3) is 0 Å². The highest BCUT2D eigenvalue weighted by molar-refractivity contribution is 5.32. The topological polar surface area (TPSA) is 38.5 Å². The quantitative estimate of drug-likeness (QED) is 0.929. The molecule has 2 unspecified atom stereocenters. The van der Waals surface area contributed by atoms with Gasteiger partial charge >= 0.3 is 6.18 Å². The van der Waals surface area contributed by atoms with E-state index in [0.29, 0.717) is 19.7 Å². The summed E-state index contributed by atoms with van der Waals surface area (Å²) in [6.07, 6.45) is -3.33. The summed E-state index contributed by atoms with van der Waals surface area (Å²) in [5.74, 6) is 0. The highest BCUT2D eigenvalue weighted by Crippen LogP contribution is 2.34. The fourth-order valence-electron chi connectivity index (χ4n) is 2.65. The molecule has 118 valence electrons. The molecule has 2 rings (SSSR count). The SMILES string of the molecule is CCC1CN(CC(N)c2ccccc2C(F)(F)F)CCO1. The van der Waals surface area contributed by atoms with Gasteiger partial charge in [0.05, 0.1) is 18.3 Å². The zero-order chi connectivity index (χ0) is 15.5. The maximum absolute atomic E-state index is 13.0. The van der Waals surface area contributed by atoms with Crippen molar-refractivity contribution in [3.63, 3.8) is 0 Å². The second kappa shape index (κ2) is 6.77. The van der Waals surface area contributed by atoms with E-state index in [1.807, 2.05) is 6.92 Å². The second-order valence-corrected chi connectivity index (χ2v) is 5.35. The number of morpholine rings is 1. The number of alkyl halides is 3. The molecule has 21 heavy (non-hydrogen) atoms. The van der Waals surface area contributed by atoms with Crippen molar-refractivity contribution in [1.82, 2.24) is 4.90 Å². The molecule has 0 saturated carbocycles. The molecule has 0 radical (unpaired) electrons. The molecule has 0 aliphatic carbocycles. The van der Waals surface area contributed by atoms with Crippen molar-refractivity contribution >= 4 is 0 Å². The first-order valence-corrected chi connectivity index (χ1v) is 7.17. The minimum Gasteiger partial charge on any atom is -0.376 e. The van der Waals surface area contributed by atoms with Gasteiger partial charge in [0.2, 0.25) is 0 Å². The molecule has 2 N–H and O–H groups in total. The number of hydrogen-bond donors (Lipinski definition) is 1. The average Bonchev–Trinajstić information content (AvgIpc) is 2.46. The molecule has 0 amide bonds. The molecular weight excluding hydrogens is 281 g/mol. The summed E-state index contributed by atoms with van der Waals surface area (Å²) in [5.41, 5.74) is 5.54. The Morgan fingerprint density at radius 3 is 2.76 bits per heavy atom. The van der Waals surface area contributed by atoms with Crippen LogP contribution in [0.1, 0.15) is 30.5 Å². The molecule has 1 aromatic carbocycles. The Morgan fingerprint density at radius 2 is 2.10 bits per heavy atom. The lowest BCUT2D eigenvalue weighted by Gasteiger charge is -2.34. The van der Waals surface area contributed by atoms with E-state index in [9.17, 15) is 13.2 Å². The summed E-state index contributed by atoms with van der Waals surface area (Å²) in [5, 5.41) is 0. The number of nitrogens with zero attached hydrogens (tertiary/aromatic N) is 1. The maximum Gasteiger partial charge on any atom is 0.416 e. The van der Waals surface area contributed by atoms with Gasteiger partial charge < -0.3 is 10.5 Å². The van der Waals surface area contributed by atoms with Crippen molar-refractivity contribution < 1.29 is 17.9 Å². The van der Waals surface area contributed by atoms with Gasteiger partial charge in [-0.25, -0.2) is 0 Å². The van der Waals surface area contributed by atoms with Crippen LogP contribution in [0.15, 0.2) is 24.3 Å². The smallest absolute Gasteiger partial charge is 0.376 e. The van der Waals surface area contributed by atoms with Crippen molar-refractivity contribution in [2.24, 2.45) is 5.73 Å². The van der Waals surface area contributed by atoms with Crippen molar-refractivity contribution in [3.05, 3.63) is 35.4 Å². The highest BCUT2D eigenvalue weighted by atomic mass is 19.4. The number of nitrogens with two attached hydrogens (primary N) is 1. The molecule has 2 atom stereocenters. The van der Waals surface area contributed by atoms with Crippen LogP contribution >= 0.6 is 0 Å². The lowest BCUT2D eigenvalue weighted by Crippen LogP contribution is -2.45. The van der Waals surface area contributed by atoms with E-state index in [-0.39, 0.29) is 11.7 Å². The van der Waals surface area contributed by atoms with E-state index >= 15 is 0 Å². The maximum atomic E-state index is 13.0. The van der Waals surface area contributed by atoms with E-state index in [0.717, 1.165) is 19.0 Å². The number of benzene rings is 1. The summed E-state index contributed by atoms with van der Waals surface area (Å²) in [6.45, 7) is 4.48. The Bertz CT molecular complexity index is 464. The predicted molar refractivity (Wildman–Crippen MR) is 74.8 cm³/mol. The fourth-order valence-corrected chi connectivity index (χ4v) is 2.65. The van der Waals surface area contributed by atoms with Gasteiger partial charge in [0.15, 0.2) is 0 Å². The standard InChI is InChI=1S/C15H21F3N2O/c1-2-11-9-20(7-8-21-11)10-14(19)12-5-3-4-6-13(12)15(16,17)18/h3-6,11,14H,2,7-10,19H2,1H3. The largest absolute Gasteiger partial charge is 0.416 e. The van der Waals surface area contributed by atoms with E-state index < -0.39 is 17.8 Å². The molecule has 6 heteroatoms. The van der Waals surface area contributed by atoms with Crippen molar-refractivity contribution in [1.29, 1.82) is 0 Å². The van der Waals surface area contributed by atoms with Gasteiger partial charge in [-0.15, -0.1) is 0 Å². The monoisotopic (exact) mass is 302 g/mol. The lowest BCUT2D eigenvalue weighted by atomic mass is 9.99. The second-order valence-electron chi connectivity index (χ2n) is 5.35. The van der Waals surface area contributed by atoms with Gasteiger partial charge in [-0.3, -0.25) is 4.90 Å². The minimum atomic E-state index is -4.37. The Hall–Kier alpha value is -1.11. The van der Waals surface area contributed by atoms with Crippen LogP contribution in [0.25, 0.3) is 0 Å². The summed E-state index contributed by atoms with van der Waals surface area (Å²) in [7, 11) is 0. The number of hydrogen-bond acceptors (Lipinski definition) is 3. The third-order valence-electron chi connectivity index (χ3n) is 3.80. The van der Waals surface area contributed by atoms with Crippen LogP contribution < -0.4 is 5.73 Å². The molecule has 0 aromatic heterocycles. The van der Waals surface area contributed by atoms with E-state index in [1.54, 1.807) is 6.07 Å². The third-order valence-corrected chi connectivity index (χ3v) is 3.80. The van der Waals surface area contributed by atoms with Gasteiger partial charge in [-0.1, -0.05) is 25.1 Å². The Morgan fingerprint density at radius 1 is 1.38 bits per heavy atom. The van der Waals surface area contributed by atoms with E-state index in [4.69, 9.17) is 10.5 Å². The van der Waals surface area contributed by atoms with Crippen LogP contribution in [0, 0.1) is 0 Å². The van der Waals surface area contributed by atoms with E-state index in [2.05, 4.69) is 4.90 Å².